The molecule has 29 heavy (non-hydrogen) atoms. The monoisotopic (exact) mass is 435 g/mol. The van der Waals surface area contributed by atoms with Crippen LogP contribution in [0.15, 0.2) is 35.7 Å². The van der Waals surface area contributed by atoms with Crippen LogP contribution in [0.3, 0.4) is 0 Å². The van der Waals surface area contributed by atoms with Crippen molar-refractivity contribution in [3.8, 4) is 0 Å². The number of nitrogens with zero attached hydrogens (tertiary/aromatic N) is 3. The molecule has 0 radical (unpaired) electrons. The number of carbonyl (C=O) groups is 2. The highest BCUT2D eigenvalue weighted by Crippen LogP contribution is 2.19. The third-order valence-corrected chi connectivity index (χ3v) is 7.94. The summed E-state index contributed by atoms with van der Waals surface area (Å²) in [5.41, 5.74) is 1.59. The molecule has 1 aromatic heterocycles. The number of rotatable bonds is 6. The van der Waals surface area contributed by atoms with E-state index in [0.29, 0.717) is 38.3 Å². The molecule has 1 fully saturated rings. The van der Waals surface area contributed by atoms with Gasteiger partial charge in [0, 0.05) is 44.9 Å². The first-order chi connectivity index (χ1) is 13.8. The molecule has 1 saturated heterocycles. The van der Waals surface area contributed by atoms with Crippen molar-refractivity contribution in [3.63, 3.8) is 0 Å². The number of piperazine rings is 1. The maximum Gasteiger partial charge on any atom is 0.240 e. The fraction of sp³-hybridized carbons (Fsp3) is 0.450. The van der Waals surface area contributed by atoms with Crippen LogP contribution in [0.4, 0.5) is 0 Å². The Kier molecular flexibility index (Phi) is 6.69. The van der Waals surface area contributed by atoms with Gasteiger partial charge in [-0.15, -0.1) is 11.3 Å². The van der Waals surface area contributed by atoms with E-state index in [1.165, 1.54) is 30.1 Å². The van der Waals surface area contributed by atoms with Crippen molar-refractivity contribution in [3.05, 3.63) is 52.0 Å². The van der Waals surface area contributed by atoms with Gasteiger partial charge in [-0.1, -0.05) is 30.3 Å². The van der Waals surface area contributed by atoms with Gasteiger partial charge in [0.2, 0.25) is 11.8 Å². The van der Waals surface area contributed by atoms with Crippen LogP contribution in [-0.4, -0.2) is 66.4 Å². The van der Waals surface area contributed by atoms with Crippen LogP contribution in [0.2, 0.25) is 0 Å². The van der Waals surface area contributed by atoms with Crippen molar-refractivity contribution in [2.75, 3.05) is 26.2 Å². The second-order valence-corrected chi connectivity index (χ2v) is 10.4. The number of sulfone groups is 1. The highest BCUT2D eigenvalue weighted by atomic mass is 32.2. The van der Waals surface area contributed by atoms with Gasteiger partial charge >= 0.3 is 0 Å². The lowest BCUT2D eigenvalue weighted by Crippen LogP contribution is -2.53. The Morgan fingerprint density at radius 1 is 1.10 bits per heavy atom. The zero-order valence-corrected chi connectivity index (χ0v) is 18.2. The summed E-state index contributed by atoms with van der Waals surface area (Å²) in [4.78, 5) is 31.7. The molecule has 0 bridgehead atoms. The number of carbonyl (C=O) groups excluding carboxylic acids is 2. The summed E-state index contributed by atoms with van der Waals surface area (Å²) in [5, 5.41) is 1.46. The summed E-state index contributed by atoms with van der Waals surface area (Å²) in [6.45, 7) is 4.51. The number of amides is 2. The molecule has 9 heteroatoms. The van der Waals surface area contributed by atoms with Crippen molar-refractivity contribution in [2.24, 2.45) is 0 Å². The SMILES string of the molecule is CC(=O)N1CCN(C(=O)[C@H](C)S(=O)(=O)Cc2csc(Cc3ccccc3)n2)CC1. The van der Waals surface area contributed by atoms with E-state index in [4.69, 9.17) is 0 Å². The van der Waals surface area contributed by atoms with Crippen molar-refractivity contribution in [2.45, 2.75) is 31.3 Å². The molecular formula is C20H25N3O4S2. The third-order valence-electron chi connectivity index (χ3n) is 5.07. The first-order valence-electron chi connectivity index (χ1n) is 9.49. The molecule has 1 atom stereocenters. The number of hydrogen-bond acceptors (Lipinski definition) is 6. The first-order valence-corrected chi connectivity index (χ1v) is 12.1. The lowest BCUT2D eigenvalue weighted by Gasteiger charge is -2.35. The minimum absolute atomic E-state index is 0.0346. The van der Waals surface area contributed by atoms with Gasteiger partial charge in [-0.25, -0.2) is 13.4 Å². The average molecular weight is 436 g/mol. The zero-order valence-electron chi connectivity index (χ0n) is 16.6. The van der Waals surface area contributed by atoms with Gasteiger partial charge in [0.25, 0.3) is 0 Å². The van der Waals surface area contributed by atoms with E-state index < -0.39 is 21.0 Å². The summed E-state index contributed by atoms with van der Waals surface area (Å²) in [7, 11) is -3.68. The number of benzene rings is 1. The molecule has 1 aliphatic rings. The molecule has 7 nitrogen and oxygen atoms in total. The zero-order chi connectivity index (χ0) is 21.0. The van der Waals surface area contributed by atoms with E-state index in [2.05, 4.69) is 4.98 Å². The Morgan fingerprint density at radius 3 is 2.34 bits per heavy atom. The van der Waals surface area contributed by atoms with Crippen LogP contribution < -0.4 is 0 Å². The van der Waals surface area contributed by atoms with Crippen LogP contribution in [0, 0.1) is 0 Å². The van der Waals surface area contributed by atoms with E-state index in [1.54, 1.807) is 10.3 Å². The highest BCUT2D eigenvalue weighted by molar-refractivity contribution is 7.92. The van der Waals surface area contributed by atoms with Crippen LogP contribution in [0.5, 0.6) is 0 Å². The van der Waals surface area contributed by atoms with Gasteiger partial charge in [-0.3, -0.25) is 9.59 Å². The molecule has 1 aliphatic heterocycles. The van der Waals surface area contributed by atoms with Gasteiger partial charge in [-0.05, 0) is 12.5 Å². The summed E-state index contributed by atoms with van der Waals surface area (Å²) < 4.78 is 25.6. The van der Waals surface area contributed by atoms with Crippen molar-refractivity contribution in [1.29, 1.82) is 0 Å². The smallest absolute Gasteiger partial charge is 0.240 e. The molecular weight excluding hydrogens is 410 g/mol. The predicted molar refractivity (Wildman–Crippen MR) is 112 cm³/mol. The van der Waals surface area contributed by atoms with Gasteiger partial charge in [0.15, 0.2) is 9.84 Å². The molecule has 3 rings (SSSR count). The predicted octanol–water partition coefficient (Wildman–Crippen LogP) is 1.73. The minimum atomic E-state index is -3.68. The summed E-state index contributed by atoms with van der Waals surface area (Å²) in [6.07, 6.45) is 0.653. The van der Waals surface area contributed by atoms with E-state index in [9.17, 15) is 18.0 Å². The standard InChI is InChI=1S/C20H25N3O4S2/c1-15(20(25)23-10-8-22(9-11-23)16(2)24)29(26,27)14-18-13-28-19(21-18)12-17-6-4-3-5-7-17/h3-7,13,15H,8-12,14H2,1-2H3/t15-/m0/s1. The van der Waals surface area contributed by atoms with E-state index in [1.807, 2.05) is 30.3 Å². The normalized spacial score (nSPS) is 15.9. The number of aromatic nitrogens is 1. The van der Waals surface area contributed by atoms with E-state index >= 15 is 0 Å². The van der Waals surface area contributed by atoms with E-state index in [-0.39, 0.29) is 11.7 Å². The van der Waals surface area contributed by atoms with E-state index in [0.717, 1.165) is 10.6 Å². The Hall–Kier alpha value is -2.26. The van der Waals surface area contributed by atoms with Crippen molar-refractivity contribution < 1.29 is 18.0 Å². The molecule has 0 N–H and O–H groups in total. The molecule has 0 unspecified atom stereocenters. The maximum atomic E-state index is 12.8. The Bertz CT molecular complexity index is 965. The second kappa shape index (κ2) is 9.04. The molecule has 1 aromatic carbocycles. The van der Waals surface area contributed by atoms with Crippen molar-refractivity contribution in [1.82, 2.24) is 14.8 Å². The molecule has 156 valence electrons. The second-order valence-electron chi connectivity index (χ2n) is 7.18. The van der Waals surface area contributed by atoms with Gasteiger partial charge in [0.1, 0.15) is 5.25 Å². The quantitative estimate of drug-likeness (QED) is 0.690. The first kappa shape index (κ1) is 21.4. The Labute approximate surface area is 175 Å². The Balaban J connectivity index is 1.60. The number of hydrogen-bond donors (Lipinski definition) is 0. The molecule has 2 aromatic rings. The van der Waals surface area contributed by atoms with Gasteiger partial charge in [0.05, 0.1) is 16.5 Å². The summed E-state index contributed by atoms with van der Waals surface area (Å²) in [5.74, 6) is -0.695. The Morgan fingerprint density at radius 2 is 1.72 bits per heavy atom. The average Bonchev–Trinajstić information content (AvgIpc) is 3.13. The summed E-state index contributed by atoms with van der Waals surface area (Å²) >= 11 is 1.43. The van der Waals surface area contributed by atoms with Gasteiger partial charge in [-0.2, -0.15) is 0 Å². The molecule has 2 heterocycles. The molecule has 0 saturated carbocycles. The summed E-state index contributed by atoms with van der Waals surface area (Å²) in [6, 6.07) is 9.87. The lowest BCUT2D eigenvalue weighted by molar-refractivity contribution is -0.137. The lowest BCUT2D eigenvalue weighted by atomic mass is 10.2. The molecule has 0 spiro atoms. The van der Waals surface area contributed by atoms with Gasteiger partial charge < -0.3 is 9.80 Å². The minimum Gasteiger partial charge on any atom is -0.339 e. The van der Waals surface area contributed by atoms with Crippen molar-refractivity contribution >= 4 is 33.0 Å². The van der Waals surface area contributed by atoms with Crippen LogP contribution in [-0.2, 0) is 31.6 Å². The van der Waals surface area contributed by atoms with Crippen LogP contribution >= 0.6 is 11.3 Å². The fourth-order valence-corrected chi connectivity index (χ4v) is 5.45. The van der Waals surface area contributed by atoms with Crippen LogP contribution in [0.25, 0.3) is 0 Å². The maximum absolute atomic E-state index is 12.8. The fourth-order valence-electron chi connectivity index (χ4n) is 3.25. The molecule has 0 aliphatic carbocycles. The third kappa shape index (κ3) is 5.42. The molecule has 2 amide bonds. The van der Waals surface area contributed by atoms with Crippen LogP contribution in [0.1, 0.15) is 30.1 Å². The topological polar surface area (TPSA) is 87.7 Å². The highest BCUT2D eigenvalue weighted by Gasteiger charge is 2.34. The number of thiazole rings is 1. The largest absolute Gasteiger partial charge is 0.339 e.